The van der Waals surface area contributed by atoms with Crippen molar-refractivity contribution < 1.29 is 14.4 Å². The Morgan fingerprint density at radius 2 is 1.97 bits per heavy atom. The summed E-state index contributed by atoms with van der Waals surface area (Å²) in [6.45, 7) is 3.80. The second kappa shape index (κ2) is 7.88. The van der Waals surface area contributed by atoms with Crippen LogP contribution in [0.3, 0.4) is 0 Å². The Morgan fingerprint density at radius 1 is 1.16 bits per heavy atom. The lowest BCUT2D eigenvalue weighted by atomic mass is 10.1. The Labute approximate surface area is 178 Å². The highest BCUT2D eigenvalue weighted by molar-refractivity contribution is 5.95. The van der Waals surface area contributed by atoms with E-state index in [1.54, 1.807) is 12.1 Å². The number of hydrogen-bond donors (Lipinski definition) is 1. The van der Waals surface area contributed by atoms with Crippen LogP contribution >= 0.6 is 0 Å². The smallest absolute Gasteiger partial charge is 0.293 e. The van der Waals surface area contributed by atoms with E-state index in [2.05, 4.69) is 15.3 Å². The summed E-state index contributed by atoms with van der Waals surface area (Å²) in [7, 11) is 1.91. The van der Waals surface area contributed by atoms with E-state index in [1.165, 1.54) is 6.33 Å². The summed E-state index contributed by atoms with van der Waals surface area (Å²) >= 11 is 0. The van der Waals surface area contributed by atoms with Crippen molar-refractivity contribution in [1.29, 1.82) is 0 Å². The summed E-state index contributed by atoms with van der Waals surface area (Å²) in [5, 5.41) is 15.8. The van der Waals surface area contributed by atoms with Crippen molar-refractivity contribution in [3.8, 4) is 11.5 Å². The topological polar surface area (TPSA) is 106 Å². The van der Waals surface area contributed by atoms with Crippen LogP contribution in [0.2, 0.25) is 0 Å². The Balaban J connectivity index is 1.51. The molecule has 10 nitrogen and oxygen atoms in total. The molecule has 160 valence electrons. The van der Waals surface area contributed by atoms with Gasteiger partial charge in [-0.15, -0.1) is 0 Å². The van der Waals surface area contributed by atoms with Gasteiger partial charge in [-0.3, -0.25) is 10.1 Å². The molecule has 2 aliphatic heterocycles. The molecule has 3 heterocycles. The minimum atomic E-state index is -0.328. The SMILES string of the molecule is CN(Cc1ccc2c(c1)OCO2)c1ncnc2cc(N3CCNCC3)c([N+](=O)[O-])cc12. The molecule has 1 saturated heterocycles. The van der Waals surface area contributed by atoms with E-state index in [9.17, 15) is 10.1 Å². The average Bonchev–Trinajstić information content (AvgIpc) is 3.26. The van der Waals surface area contributed by atoms with Gasteiger partial charge in [0.2, 0.25) is 6.79 Å². The van der Waals surface area contributed by atoms with Crippen molar-refractivity contribution >= 4 is 28.1 Å². The third-order valence-corrected chi connectivity index (χ3v) is 5.58. The number of aromatic nitrogens is 2. The number of hydrogen-bond acceptors (Lipinski definition) is 9. The molecule has 0 amide bonds. The first-order chi connectivity index (χ1) is 15.1. The van der Waals surface area contributed by atoms with Crippen molar-refractivity contribution in [2.24, 2.45) is 0 Å². The van der Waals surface area contributed by atoms with E-state index in [4.69, 9.17) is 9.47 Å². The number of nitro benzene ring substituents is 1. The van der Waals surface area contributed by atoms with Gasteiger partial charge in [0.15, 0.2) is 11.5 Å². The molecule has 1 aromatic heterocycles. The van der Waals surface area contributed by atoms with Crippen LogP contribution in [0.5, 0.6) is 11.5 Å². The standard InChI is InChI=1S/C21H22N6O4/c1-25(11-14-2-3-19-20(8-14)31-13-30-19)21-15-9-18(27(28)29)17(10-16(15)23-12-24-21)26-6-4-22-5-7-26/h2-3,8-10,12,22H,4-7,11,13H2,1H3. The predicted octanol–water partition coefficient (Wildman–Crippen LogP) is 2.31. The number of fused-ring (bicyclic) bond motifs is 2. The van der Waals surface area contributed by atoms with Gasteiger partial charge in [0.1, 0.15) is 17.8 Å². The Bertz CT molecular complexity index is 1150. The second-order valence-electron chi connectivity index (χ2n) is 7.59. The van der Waals surface area contributed by atoms with Gasteiger partial charge in [-0.2, -0.15) is 0 Å². The maximum atomic E-state index is 11.9. The van der Waals surface area contributed by atoms with Crippen LogP contribution in [-0.4, -0.2) is 54.9 Å². The molecule has 0 saturated carbocycles. The fourth-order valence-electron chi connectivity index (χ4n) is 4.06. The molecule has 0 radical (unpaired) electrons. The molecule has 0 atom stereocenters. The van der Waals surface area contributed by atoms with Gasteiger partial charge in [-0.1, -0.05) is 6.07 Å². The number of nitrogens with zero attached hydrogens (tertiary/aromatic N) is 5. The first kappa shape index (κ1) is 19.3. The number of anilines is 2. The van der Waals surface area contributed by atoms with Crippen LogP contribution in [0.25, 0.3) is 10.9 Å². The van der Waals surface area contributed by atoms with Crippen molar-refractivity contribution in [1.82, 2.24) is 15.3 Å². The maximum absolute atomic E-state index is 11.9. The van der Waals surface area contributed by atoms with Gasteiger partial charge in [0.25, 0.3) is 5.69 Å². The average molecular weight is 422 g/mol. The normalized spacial score (nSPS) is 15.3. The van der Waals surface area contributed by atoms with Gasteiger partial charge >= 0.3 is 0 Å². The quantitative estimate of drug-likeness (QED) is 0.490. The molecule has 1 fully saturated rings. The van der Waals surface area contributed by atoms with Crippen LogP contribution in [0.1, 0.15) is 5.56 Å². The number of nitrogens with one attached hydrogen (secondary N) is 1. The predicted molar refractivity (Wildman–Crippen MR) is 116 cm³/mol. The summed E-state index contributed by atoms with van der Waals surface area (Å²) < 4.78 is 10.8. The molecule has 5 rings (SSSR count). The summed E-state index contributed by atoms with van der Waals surface area (Å²) in [6, 6.07) is 9.19. The van der Waals surface area contributed by atoms with Crippen molar-refractivity contribution in [3.05, 3.63) is 52.3 Å². The van der Waals surface area contributed by atoms with Gasteiger partial charge < -0.3 is 24.6 Å². The van der Waals surface area contributed by atoms with E-state index >= 15 is 0 Å². The van der Waals surface area contributed by atoms with E-state index in [-0.39, 0.29) is 17.4 Å². The van der Waals surface area contributed by atoms with Gasteiger partial charge in [-0.05, 0) is 23.8 Å². The van der Waals surface area contributed by atoms with E-state index in [0.29, 0.717) is 42.0 Å². The van der Waals surface area contributed by atoms with Gasteiger partial charge in [0, 0.05) is 51.2 Å². The number of ether oxygens (including phenoxy) is 2. The lowest BCUT2D eigenvalue weighted by Gasteiger charge is -2.29. The highest BCUT2D eigenvalue weighted by Crippen LogP contribution is 2.36. The summed E-state index contributed by atoms with van der Waals surface area (Å²) in [4.78, 5) is 24.4. The summed E-state index contributed by atoms with van der Waals surface area (Å²) in [5.41, 5.74) is 2.37. The minimum Gasteiger partial charge on any atom is -0.454 e. The monoisotopic (exact) mass is 422 g/mol. The Hall–Kier alpha value is -3.66. The maximum Gasteiger partial charge on any atom is 0.293 e. The highest BCUT2D eigenvalue weighted by atomic mass is 16.7. The minimum absolute atomic E-state index is 0.0712. The molecule has 1 N–H and O–H groups in total. The molecule has 0 unspecified atom stereocenters. The molecule has 0 bridgehead atoms. The summed E-state index contributed by atoms with van der Waals surface area (Å²) in [5.74, 6) is 2.09. The third-order valence-electron chi connectivity index (χ3n) is 5.58. The zero-order chi connectivity index (χ0) is 21.4. The van der Waals surface area contributed by atoms with E-state index in [1.807, 2.05) is 35.0 Å². The van der Waals surface area contributed by atoms with Crippen LogP contribution in [0, 0.1) is 10.1 Å². The molecular weight excluding hydrogens is 400 g/mol. The van der Waals surface area contributed by atoms with Crippen molar-refractivity contribution in [2.75, 3.05) is 49.8 Å². The Morgan fingerprint density at radius 3 is 2.77 bits per heavy atom. The van der Waals surface area contributed by atoms with Crippen LogP contribution in [0.4, 0.5) is 17.2 Å². The first-order valence-electron chi connectivity index (χ1n) is 10.1. The molecule has 2 aliphatic rings. The second-order valence-corrected chi connectivity index (χ2v) is 7.59. The number of benzene rings is 2. The molecule has 31 heavy (non-hydrogen) atoms. The third kappa shape index (κ3) is 3.66. The fraction of sp³-hybridized carbons (Fsp3) is 0.333. The van der Waals surface area contributed by atoms with Crippen molar-refractivity contribution in [2.45, 2.75) is 6.54 Å². The fourth-order valence-corrected chi connectivity index (χ4v) is 4.06. The van der Waals surface area contributed by atoms with Gasteiger partial charge in [0.05, 0.1) is 10.4 Å². The van der Waals surface area contributed by atoms with E-state index < -0.39 is 0 Å². The first-order valence-corrected chi connectivity index (χ1v) is 10.1. The van der Waals surface area contributed by atoms with Crippen molar-refractivity contribution in [3.63, 3.8) is 0 Å². The molecule has 3 aromatic rings. The molecule has 0 aliphatic carbocycles. The number of nitro groups is 1. The molecule has 10 heteroatoms. The lowest BCUT2D eigenvalue weighted by Crippen LogP contribution is -2.43. The summed E-state index contributed by atoms with van der Waals surface area (Å²) in [6.07, 6.45) is 1.50. The number of rotatable bonds is 5. The van der Waals surface area contributed by atoms with Crippen LogP contribution < -0.4 is 24.6 Å². The van der Waals surface area contributed by atoms with Crippen LogP contribution in [0.15, 0.2) is 36.7 Å². The molecular formula is C21H22N6O4. The highest BCUT2D eigenvalue weighted by Gasteiger charge is 2.24. The van der Waals surface area contributed by atoms with Gasteiger partial charge in [-0.25, -0.2) is 9.97 Å². The molecule has 2 aromatic carbocycles. The zero-order valence-electron chi connectivity index (χ0n) is 17.1. The zero-order valence-corrected chi connectivity index (χ0v) is 17.1. The largest absolute Gasteiger partial charge is 0.454 e. The van der Waals surface area contributed by atoms with E-state index in [0.717, 1.165) is 30.2 Å². The molecule has 0 spiro atoms. The lowest BCUT2D eigenvalue weighted by molar-refractivity contribution is -0.384. The number of piperazine rings is 1. The Kier molecular flexibility index (Phi) is 4.91. The van der Waals surface area contributed by atoms with Crippen LogP contribution in [-0.2, 0) is 6.54 Å².